The fourth-order valence-corrected chi connectivity index (χ4v) is 1.99. The summed E-state index contributed by atoms with van der Waals surface area (Å²) in [7, 11) is -4.67. The normalized spacial score (nSPS) is 11.2. The van der Waals surface area contributed by atoms with Crippen LogP contribution in [-0.4, -0.2) is 28.5 Å². The monoisotopic (exact) mass is 346 g/mol. The van der Waals surface area contributed by atoms with Gasteiger partial charge in [0.1, 0.15) is 5.75 Å². The molecule has 0 aliphatic rings. The summed E-state index contributed by atoms with van der Waals surface area (Å²) in [5.74, 6) is -1.39. The zero-order valence-corrected chi connectivity index (χ0v) is 13.7. The molecule has 8 nitrogen and oxygen atoms in total. The third-order valence-corrected chi connectivity index (χ3v) is 3.12. The van der Waals surface area contributed by atoms with Gasteiger partial charge in [0.05, 0.1) is 5.92 Å². The molecule has 0 saturated carbocycles. The molecule has 0 aromatic heterocycles. The first-order valence-corrected chi connectivity index (χ1v) is 8.37. The first kappa shape index (κ1) is 19.2. The van der Waals surface area contributed by atoms with Crippen LogP contribution in [0.25, 0.3) is 0 Å². The van der Waals surface area contributed by atoms with Crippen molar-refractivity contribution in [3.8, 4) is 5.75 Å². The van der Waals surface area contributed by atoms with Crippen molar-refractivity contribution in [3.63, 3.8) is 0 Å². The molecule has 2 N–H and O–H groups in total. The zero-order valence-electron chi connectivity index (χ0n) is 12.8. The van der Waals surface area contributed by atoms with Crippen molar-refractivity contribution in [2.24, 2.45) is 5.92 Å². The Morgan fingerprint density at radius 2 is 1.83 bits per heavy atom. The molecule has 0 unspecified atom stereocenters. The molecule has 0 spiro atoms. The van der Waals surface area contributed by atoms with E-state index in [0.717, 1.165) is 0 Å². The highest BCUT2D eigenvalue weighted by Gasteiger charge is 2.18. The molecular weight excluding hydrogens is 327 g/mol. The first-order valence-electron chi connectivity index (χ1n) is 6.84. The number of hydrogen-bond donors (Lipinski definition) is 2. The second-order valence-electron chi connectivity index (χ2n) is 4.94. The van der Waals surface area contributed by atoms with Gasteiger partial charge in [-0.15, -0.1) is 0 Å². The Kier molecular flexibility index (Phi) is 7.22. The molecule has 0 amide bonds. The number of benzene rings is 1. The second-order valence-corrected chi connectivity index (χ2v) is 6.11. The molecule has 0 atom stereocenters. The van der Waals surface area contributed by atoms with Crippen LogP contribution >= 0.6 is 7.82 Å². The maximum atomic E-state index is 11.6. The van der Waals surface area contributed by atoms with Gasteiger partial charge in [-0.25, -0.2) is 4.57 Å². The molecule has 0 bridgehead atoms. The summed E-state index contributed by atoms with van der Waals surface area (Å²) in [4.78, 5) is 40.4. The van der Waals surface area contributed by atoms with Gasteiger partial charge in [-0.1, -0.05) is 32.0 Å². The lowest BCUT2D eigenvalue weighted by molar-refractivity contribution is -0.169. The molecule has 0 radical (unpaired) electrons. The van der Waals surface area contributed by atoms with Crippen LogP contribution in [0.15, 0.2) is 24.3 Å². The van der Waals surface area contributed by atoms with Crippen molar-refractivity contribution in [1.29, 1.82) is 0 Å². The predicted octanol–water partition coefficient (Wildman–Crippen LogP) is 1.79. The summed E-state index contributed by atoms with van der Waals surface area (Å²) >= 11 is 0. The Morgan fingerprint density at radius 3 is 2.43 bits per heavy atom. The smallest absolute Gasteiger partial charge is 0.428 e. The van der Waals surface area contributed by atoms with Gasteiger partial charge in [0.15, 0.2) is 0 Å². The highest BCUT2D eigenvalue weighted by atomic mass is 31.2. The van der Waals surface area contributed by atoms with E-state index in [1.165, 1.54) is 6.07 Å². The van der Waals surface area contributed by atoms with Gasteiger partial charge < -0.3 is 14.0 Å². The number of para-hydroxylation sites is 1. The summed E-state index contributed by atoms with van der Waals surface area (Å²) in [6.07, 6.45) is 0.105. The number of rotatable bonds is 8. The number of phosphoric ester groups is 1. The SMILES string of the molecule is CC(C)C(=O)OCOC(=O)CCc1ccccc1OP(=O)(O)O. The van der Waals surface area contributed by atoms with Crippen molar-refractivity contribution >= 4 is 19.8 Å². The van der Waals surface area contributed by atoms with Crippen LogP contribution in [0.4, 0.5) is 0 Å². The highest BCUT2D eigenvalue weighted by Crippen LogP contribution is 2.39. The van der Waals surface area contributed by atoms with Crippen LogP contribution in [0.3, 0.4) is 0 Å². The van der Waals surface area contributed by atoms with Crippen LogP contribution in [0.1, 0.15) is 25.8 Å². The summed E-state index contributed by atoms with van der Waals surface area (Å²) in [6.45, 7) is 2.85. The molecule has 0 aliphatic heterocycles. The average molecular weight is 346 g/mol. The molecule has 0 saturated heterocycles. The van der Waals surface area contributed by atoms with Crippen molar-refractivity contribution in [3.05, 3.63) is 29.8 Å². The molecule has 0 aliphatic carbocycles. The van der Waals surface area contributed by atoms with E-state index in [4.69, 9.17) is 19.3 Å². The van der Waals surface area contributed by atoms with Gasteiger partial charge >= 0.3 is 19.8 Å². The molecule has 1 aromatic rings. The number of phosphoric acid groups is 1. The predicted molar refractivity (Wildman–Crippen MR) is 79.3 cm³/mol. The molecule has 1 rings (SSSR count). The molecule has 0 fully saturated rings. The third-order valence-electron chi connectivity index (χ3n) is 2.68. The van der Waals surface area contributed by atoms with E-state index in [0.29, 0.717) is 5.56 Å². The fraction of sp³-hybridized carbons (Fsp3) is 0.429. The summed E-state index contributed by atoms with van der Waals surface area (Å²) < 4.78 is 24.9. The minimum atomic E-state index is -4.67. The maximum Gasteiger partial charge on any atom is 0.524 e. The number of aryl methyl sites for hydroxylation is 1. The number of esters is 2. The number of hydrogen-bond acceptors (Lipinski definition) is 6. The largest absolute Gasteiger partial charge is 0.524 e. The van der Waals surface area contributed by atoms with Crippen LogP contribution in [-0.2, 0) is 30.0 Å². The molecular formula is C14H19O8P. The van der Waals surface area contributed by atoms with Gasteiger partial charge in [0.2, 0.25) is 6.79 Å². The lowest BCUT2D eigenvalue weighted by Gasteiger charge is -2.11. The van der Waals surface area contributed by atoms with Crippen molar-refractivity contribution in [1.82, 2.24) is 0 Å². The van der Waals surface area contributed by atoms with E-state index < -0.39 is 26.6 Å². The Hall–Kier alpha value is -1.89. The van der Waals surface area contributed by atoms with E-state index in [9.17, 15) is 14.2 Å². The second kappa shape index (κ2) is 8.67. The summed E-state index contributed by atoms with van der Waals surface area (Å²) in [5, 5.41) is 0. The van der Waals surface area contributed by atoms with Crippen molar-refractivity contribution in [2.75, 3.05) is 6.79 Å². The molecule has 1 aromatic carbocycles. The van der Waals surface area contributed by atoms with Gasteiger partial charge in [-0.05, 0) is 18.1 Å². The lowest BCUT2D eigenvalue weighted by atomic mass is 10.1. The maximum absolute atomic E-state index is 11.6. The molecule has 128 valence electrons. The van der Waals surface area contributed by atoms with Crippen LogP contribution in [0.2, 0.25) is 0 Å². The standard InChI is InChI=1S/C14H19O8P/c1-10(2)14(16)21-9-20-13(15)8-7-11-5-3-4-6-12(11)22-23(17,18)19/h3-6,10H,7-9H2,1-2H3,(H2,17,18,19). The van der Waals surface area contributed by atoms with E-state index in [-0.39, 0.29) is 24.5 Å². The van der Waals surface area contributed by atoms with Crippen LogP contribution in [0, 0.1) is 5.92 Å². The number of ether oxygens (including phenoxy) is 2. The van der Waals surface area contributed by atoms with E-state index in [2.05, 4.69) is 4.52 Å². The Balaban J connectivity index is 2.47. The van der Waals surface area contributed by atoms with Crippen LogP contribution in [0.5, 0.6) is 5.75 Å². The molecule has 0 heterocycles. The molecule has 23 heavy (non-hydrogen) atoms. The quantitative estimate of drug-likeness (QED) is 0.415. The average Bonchev–Trinajstić information content (AvgIpc) is 2.44. The van der Waals surface area contributed by atoms with Gasteiger partial charge in [-0.2, -0.15) is 0 Å². The lowest BCUT2D eigenvalue weighted by Crippen LogP contribution is -2.16. The minimum Gasteiger partial charge on any atom is -0.428 e. The highest BCUT2D eigenvalue weighted by molar-refractivity contribution is 7.46. The first-order chi connectivity index (χ1) is 10.7. The van der Waals surface area contributed by atoms with E-state index >= 15 is 0 Å². The van der Waals surface area contributed by atoms with E-state index in [1.807, 2.05) is 0 Å². The van der Waals surface area contributed by atoms with Crippen molar-refractivity contribution in [2.45, 2.75) is 26.7 Å². The summed E-state index contributed by atoms with van der Waals surface area (Å²) in [5.41, 5.74) is 0.451. The van der Waals surface area contributed by atoms with E-state index in [1.54, 1.807) is 32.0 Å². The topological polar surface area (TPSA) is 119 Å². The zero-order chi connectivity index (χ0) is 17.5. The van der Waals surface area contributed by atoms with Crippen LogP contribution < -0.4 is 4.52 Å². The van der Waals surface area contributed by atoms with Gasteiger partial charge in [0, 0.05) is 6.42 Å². The Bertz CT molecular complexity index is 592. The summed E-state index contributed by atoms with van der Waals surface area (Å²) in [6, 6.07) is 6.18. The number of carbonyl (C=O) groups is 2. The van der Waals surface area contributed by atoms with Gasteiger partial charge in [-0.3, -0.25) is 19.4 Å². The minimum absolute atomic E-state index is 0.000121. The van der Waals surface area contributed by atoms with Gasteiger partial charge in [0.25, 0.3) is 0 Å². The number of carbonyl (C=O) groups excluding carboxylic acids is 2. The Morgan fingerprint density at radius 1 is 1.17 bits per heavy atom. The third kappa shape index (κ3) is 7.78. The molecule has 9 heteroatoms. The van der Waals surface area contributed by atoms with Crippen molar-refractivity contribution < 1.29 is 37.9 Å². The Labute approximate surface area is 133 Å². The fourth-order valence-electron chi connectivity index (χ4n) is 1.56.